The third-order valence-electron chi connectivity index (χ3n) is 2.19. The van der Waals surface area contributed by atoms with Crippen molar-refractivity contribution in [3.63, 3.8) is 0 Å². The maximum Gasteiger partial charge on any atom is 0.163 e. The van der Waals surface area contributed by atoms with Gasteiger partial charge in [0.15, 0.2) is 11.6 Å². The molecule has 0 radical (unpaired) electrons. The third-order valence-corrected chi connectivity index (χ3v) is 2.19. The van der Waals surface area contributed by atoms with E-state index in [4.69, 9.17) is 0 Å². The van der Waals surface area contributed by atoms with Gasteiger partial charge in [-0.25, -0.2) is 13.8 Å². The van der Waals surface area contributed by atoms with Crippen molar-refractivity contribution in [3.8, 4) is 0 Å². The van der Waals surface area contributed by atoms with E-state index in [0.29, 0.717) is 12.1 Å². The SMILES string of the molecule is Fc1cccc(CNCc2ncc[nH]2)c1F. The van der Waals surface area contributed by atoms with Crippen molar-refractivity contribution in [2.45, 2.75) is 13.1 Å². The minimum absolute atomic E-state index is 0.268. The molecule has 2 aromatic rings. The smallest absolute Gasteiger partial charge is 0.163 e. The van der Waals surface area contributed by atoms with Crippen molar-refractivity contribution in [1.29, 1.82) is 0 Å². The summed E-state index contributed by atoms with van der Waals surface area (Å²) in [4.78, 5) is 6.91. The molecule has 0 aliphatic heterocycles. The highest BCUT2D eigenvalue weighted by Crippen LogP contribution is 2.10. The lowest BCUT2D eigenvalue weighted by atomic mass is 10.2. The largest absolute Gasteiger partial charge is 0.348 e. The number of imidazole rings is 1. The van der Waals surface area contributed by atoms with Gasteiger partial charge in [0.05, 0.1) is 6.54 Å². The van der Waals surface area contributed by atoms with Crippen molar-refractivity contribution >= 4 is 0 Å². The van der Waals surface area contributed by atoms with Crippen molar-refractivity contribution in [2.24, 2.45) is 0 Å². The number of nitrogens with zero attached hydrogens (tertiary/aromatic N) is 1. The van der Waals surface area contributed by atoms with E-state index in [-0.39, 0.29) is 6.54 Å². The van der Waals surface area contributed by atoms with Crippen molar-refractivity contribution in [3.05, 3.63) is 53.6 Å². The maximum atomic E-state index is 13.2. The lowest BCUT2D eigenvalue weighted by molar-refractivity contribution is 0.492. The molecule has 0 saturated heterocycles. The number of hydrogen-bond acceptors (Lipinski definition) is 2. The lowest BCUT2D eigenvalue weighted by Gasteiger charge is -2.04. The minimum Gasteiger partial charge on any atom is -0.348 e. The number of benzene rings is 1. The monoisotopic (exact) mass is 223 g/mol. The molecule has 0 spiro atoms. The first-order valence-electron chi connectivity index (χ1n) is 4.89. The first-order valence-corrected chi connectivity index (χ1v) is 4.89. The van der Waals surface area contributed by atoms with E-state index in [1.807, 2.05) is 0 Å². The lowest BCUT2D eigenvalue weighted by Crippen LogP contribution is -2.15. The average molecular weight is 223 g/mol. The molecule has 1 aromatic heterocycles. The molecule has 1 aromatic carbocycles. The topological polar surface area (TPSA) is 40.7 Å². The van der Waals surface area contributed by atoms with Gasteiger partial charge >= 0.3 is 0 Å². The summed E-state index contributed by atoms with van der Waals surface area (Å²) in [5.74, 6) is -0.858. The summed E-state index contributed by atoms with van der Waals surface area (Å²) >= 11 is 0. The summed E-state index contributed by atoms with van der Waals surface area (Å²) in [7, 11) is 0. The summed E-state index contributed by atoms with van der Waals surface area (Å²) in [5, 5.41) is 2.97. The van der Waals surface area contributed by atoms with E-state index in [0.717, 1.165) is 11.9 Å². The van der Waals surface area contributed by atoms with Crippen molar-refractivity contribution in [1.82, 2.24) is 15.3 Å². The highest BCUT2D eigenvalue weighted by molar-refractivity contribution is 5.18. The first kappa shape index (κ1) is 10.8. The fourth-order valence-corrected chi connectivity index (χ4v) is 1.40. The Balaban J connectivity index is 1.92. The van der Waals surface area contributed by atoms with Gasteiger partial charge in [0.25, 0.3) is 0 Å². The predicted molar refractivity (Wildman–Crippen MR) is 55.5 cm³/mol. The summed E-state index contributed by atoms with van der Waals surface area (Å²) in [6, 6.07) is 4.14. The Labute approximate surface area is 91.5 Å². The van der Waals surface area contributed by atoms with E-state index in [2.05, 4.69) is 15.3 Å². The van der Waals surface area contributed by atoms with Crippen LogP contribution >= 0.6 is 0 Å². The van der Waals surface area contributed by atoms with E-state index < -0.39 is 11.6 Å². The molecular formula is C11H11F2N3. The van der Waals surface area contributed by atoms with Crippen LogP contribution in [0.2, 0.25) is 0 Å². The Hall–Kier alpha value is -1.75. The highest BCUT2D eigenvalue weighted by atomic mass is 19.2. The van der Waals surface area contributed by atoms with Gasteiger partial charge in [0.1, 0.15) is 5.82 Å². The molecule has 1 heterocycles. The number of aromatic amines is 1. The molecule has 0 aliphatic carbocycles. The molecule has 0 saturated carbocycles. The predicted octanol–water partition coefficient (Wildman–Crippen LogP) is 1.98. The van der Waals surface area contributed by atoms with Gasteiger partial charge < -0.3 is 10.3 Å². The fourth-order valence-electron chi connectivity index (χ4n) is 1.40. The third kappa shape index (κ3) is 2.43. The molecular weight excluding hydrogens is 212 g/mol. The van der Waals surface area contributed by atoms with Crippen LogP contribution in [-0.2, 0) is 13.1 Å². The van der Waals surface area contributed by atoms with Crippen LogP contribution in [0, 0.1) is 11.6 Å². The molecule has 2 N–H and O–H groups in total. The van der Waals surface area contributed by atoms with E-state index >= 15 is 0 Å². The van der Waals surface area contributed by atoms with Crippen LogP contribution in [0.4, 0.5) is 8.78 Å². The molecule has 16 heavy (non-hydrogen) atoms. The summed E-state index contributed by atoms with van der Waals surface area (Å²) < 4.78 is 26.1. The van der Waals surface area contributed by atoms with E-state index in [1.54, 1.807) is 18.5 Å². The summed E-state index contributed by atoms with van der Waals surface area (Å²) in [6.07, 6.45) is 3.35. The van der Waals surface area contributed by atoms with Crippen LogP contribution < -0.4 is 5.32 Å². The van der Waals surface area contributed by atoms with Crippen molar-refractivity contribution < 1.29 is 8.78 Å². The Morgan fingerprint density at radius 3 is 2.88 bits per heavy atom. The van der Waals surface area contributed by atoms with Crippen LogP contribution in [0.25, 0.3) is 0 Å². The minimum atomic E-state index is -0.822. The molecule has 84 valence electrons. The van der Waals surface area contributed by atoms with Gasteiger partial charge in [-0.1, -0.05) is 12.1 Å². The number of aromatic nitrogens is 2. The second kappa shape index (κ2) is 4.85. The van der Waals surface area contributed by atoms with Gasteiger partial charge in [-0.05, 0) is 6.07 Å². The summed E-state index contributed by atoms with van der Waals surface area (Å²) in [5.41, 5.74) is 0.312. The van der Waals surface area contributed by atoms with Gasteiger partial charge in [-0.15, -0.1) is 0 Å². The Bertz CT molecular complexity index is 454. The second-order valence-electron chi connectivity index (χ2n) is 3.35. The normalized spacial score (nSPS) is 10.6. The molecule has 0 aliphatic rings. The molecule has 0 unspecified atom stereocenters. The second-order valence-corrected chi connectivity index (χ2v) is 3.35. The molecule has 0 amide bonds. The molecule has 0 bridgehead atoms. The van der Waals surface area contributed by atoms with Crippen LogP contribution in [0.3, 0.4) is 0 Å². The number of nitrogens with one attached hydrogen (secondary N) is 2. The van der Waals surface area contributed by atoms with Gasteiger partial charge in [0.2, 0.25) is 0 Å². The van der Waals surface area contributed by atoms with E-state index in [9.17, 15) is 8.78 Å². The zero-order valence-electron chi connectivity index (χ0n) is 8.50. The first-order chi connectivity index (χ1) is 7.77. The number of H-pyrrole nitrogens is 1. The fraction of sp³-hybridized carbons (Fsp3) is 0.182. The molecule has 0 fully saturated rings. The zero-order chi connectivity index (χ0) is 11.4. The quantitative estimate of drug-likeness (QED) is 0.832. The highest BCUT2D eigenvalue weighted by Gasteiger charge is 2.06. The van der Waals surface area contributed by atoms with Crippen LogP contribution in [0.15, 0.2) is 30.6 Å². The standard InChI is InChI=1S/C11H11F2N3/c12-9-3-1-2-8(11(9)13)6-14-7-10-15-4-5-16-10/h1-5,14H,6-7H2,(H,15,16). The maximum absolute atomic E-state index is 13.2. The number of hydrogen-bond donors (Lipinski definition) is 2. The average Bonchev–Trinajstić information content (AvgIpc) is 2.77. The van der Waals surface area contributed by atoms with Crippen LogP contribution in [0.5, 0.6) is 0 Å². The number of halogens is 2. The Morgan fingerprint density at radius 2 is 2.12 bits per heavy atom. The van der Waals surface area contributed by atoms with E-state index in [1.165, 1.54) is 6.07 Å². The molecule has 0 atom stereocenters. The van der Waals surface area contributed by atoms with Gasteiger partial charge in [-0.3, -0.25) is 0 Å². The summed E-state index contributed by atoms with van der Waals surface area (Å²) in [6.45, 7) is 0.757. The van der Waals surface area contributed by atoms with Gasteiger partial charge in [-0.2, -0.15) is 0 Å². The molecule has 3 nitrogen and oxygen atoms in total. The molecule has 2 rings (SSSR count). The number of rotatable bonds is 4. The van der Waals surface area contributed by atoms with Crippen LogP contribution in [-0.4, -0.2) is 9.97 Å². The van der Waals surface area contributed by atoms with Crippen molar-refractivity contribution in [2.75, 3.05) is 0 Å². The Morgan fingerprint density at radius 1 is 1.25 bits per heavy atom. The molecule has 5 heteroatoms. The Kier molecular flexibility index (Phi) is 3.26. The zero-order valence-corrected chi connectivity index (χ0v) is 8.50. The van der Waals surface area contributed by atoms with Gasteiger partial charge in [0, 0.05) is 24.5 Å². The van der Waals surface area contributed by atoms with Crippen LogP contribution in [0.1, 0.15) is 11.4 Å².